The molecule has 0 radical (unpaired) electrons. The van der Waals surface area contributed by atoms with Crippen LogP contribution in [0.4, 0.5) is 4.39 Å². The highest BCUT2D eigenvalue weighted by Gasteiger charge is 2.17. The highest BCUT2D eigenvalue weighted by Crippen LogP contribution is 2.21. The third-order valence-corrected chi connectivity index (χ3v) is 5.23. The molecule has 1 amide bonds. The summed E-state index contributed by atoms with van der Waals surface area (Å²) in [6.07, 6.45) is 0.938. The molecule has 0 fully saturated rings. The smallest absolute Gasteiger partial charge is 0.341 e. The molecule has 2 N–H and O–H groups in total. The molecule has 3 aromatic rings. The number of aromatic nitrogens is 1. The lowest BCUT2D eigenvalue weighted by Crippen LogP contribution is -2.34. The molecule has 0 saturated carbocycles. The minimum Gasteiger partial charge on any atom is -0.477 e. The molecule has 9 heteroatoms. The van der Waals surface area contributed by atoms with E-state index < -0.39 is 29.0 Å². The molecule has 0 aliphatic rings. The van der Waals surface area contributed by atoms with Gasteiger partial charge >= 0.3 is 5.97 Å². The maximum Gasteiger partial charge on any atom is 0.341 e. The molecule has 2 heterocycles. The van der Waals surface area contributed by atoms with E-state index in [1.54, 1.807) is 31.2 Å². The Kier molecular flexibility index (Phi) is 6.72. The Labute approximate surface area is 182 Å². The summed E-state index contributed by atoms with van der Waals surface area (Å²) in [4.78, 5) is 36.3. The number of halogens is 2. The molecule has 0 bridgehead atoms. The quantitative estimate of drug-likeness (QED) is 0.581. The number of pyridine rings is 2. The van der Waals surface area contributed by atoms with Crippen molar-refractivity contribution in [2.24, 2.45) is 0 Å². The third-order valence-electron chi connectivity index (χ3n) is 4.94. The van der Waals surface area contributed by atoms with Gasteiger partial charge in [0.15, 0.2) is 0 Å². The fourth-order valence-electron chi connectivity index (χ4n) is 3.15. The molecule has 0 aliphatic carbocycles. The van der Waals surface area contributed by atoms with Crippen molar-refractivity contribution in [2.45, 2.75) is 26.0 Å². The number of hydrogen-bond donors (Lipinski definition) is 2. The summed E-state index contributed by atoms with van der Waals surface area (Å²) >= 11 is 5.83. The summed E-state index contributed by atoms with van der Waals surface area (Å²) in [6.45, 7) is 1.58. The molecule has 2 aromatic heterocycles. The van der Waals surface area contributed by atoms with Gasteiger partial charge in [0.05, 0.1) is 10.5 Å². The first-order chi connectivity index (χ1) is 14.7. The molecule has 3 rings (SSSR count). The lowest BCUT2D eigenvalue weighted by atomic mass is 10.0. The summed E-state index contributed by atoms with van der Waals surface area (Å²) in [7, 11) is 1.40. The molecular formula is C22H20ClFN2O5. The lowest BCUT2D eigenvalue weighted by Gasteiger charge is -2.14. The predicted molar refractivity (Wildman–Crippen MR) is 113 cm³/mol. The van der Waals surface area contributed by atoms with Crippen LogP contribution < -0.4 is 10.9 Å². The van der Waals surface area contributed by atoms with Crippen molar-refractivity contribution in [3.05, 3.63) is 86.0 Å². The van der Waals surface area contributed by atoms with Gasteiger partial charge in [-0.2, -0.15) is 0 Å². The van der Waals surface area contributed by atoms with Crippen LogP contribution in [0.1, 0.15) is 34.0 Å². The SMILES string of the molecule is CO[C@@H](C)C(=O)NCc1cc(C(=O)O)c(=O)n2cc(Cc3cccc(Cl)c3F)ccc12. The summed E-state index contributed by atoms with van der Waals surface area (Å²) in [5.41, 5.74) is 0.630. The van der Waals surface area contributed by atoms with Gasteiger partial charge in [0.25, 0.3) is 5.56 Å². The summed E-state index contributed by atoms with van der Waals surface area (Å²) in [5, 5.41) is 12.1. The maximum absolute atomic E-state index is 14.3. The molecule has 0 spiro atoms. The van der Waals surface area contributed by atoms with Crippen molar-refractivity contribution in [3.8, 4) is 0 Å². The molecule has 7 nitrogen and oxygen atoms in total. The van der Waals surface area contributed by atoms with Crippen LogP contribution in [-0.2, 0) is 22.5 Å². The number of carboxylic acid groups (broad SMARTS) is 1. The molecule has 0 saturated heterocycles. The fraction of sp³-hybridized carbons (Fsp3) is 0.227. The van der Waals surface area contributed by atoms with Crippen LogP contribution >= 0.6 is 11.6 Å². The van der Waals surface area contributed by atoms with Gasteiger partial charge in [0.2, 0.25) is 5.91 Å². The Morgan fingerprint density at radius 2 is 2.00 bits per heavy atom. The second kappa shape index (κ2) is 9.28. The number of carbonyl (C=O) groups excluding carboxylic acids is 1. The Balaban J connectivity index is 2.05. The number of rotatable bonds is 7. The lowest BCUT2D eigenvalue weighted by molar-refractivity contribution is -0.130. The van der Waals surface area contributed by atoms with Gasteiger partial charge < -0.3 is 15.2 Å². The average molecular weight is 447 g/mol. The Hall–Kier alpha value is -3.23. The van der Waals surface area contributed by atoms with Crippen molar-refractivity contribution in [2.75, 3.05) is 7.11 Å². The van der Waals surface area contributed by atoms with E-state index in [4.69, 9.17) is 16.3 Å². The van der Waals surface area contributed by atoms with Crippen LogP contribution in [0, 0.1) is 5.82 Å². The number of fused-ring (bicyclic) bond motifs is 1. The second-order valence-electron chi connectivity index (χ2n) is 6.97. The van der Waals surface area contributed by atoms with Gasteiger partial charge in [-0.15, -0.1) is 0 Å². The van der Waals surface area contributed by atoms with Crippen LogP contribution in [0.25, 0.3) is 5.52 Å². The molecular weight excluding hydrogens is 427 g/mol. The number of carboxylic acids is 1. The number of benzene rings is 1. The van der Waals surface area contributed by atoms with Crippen LogP contribution in [0.5, 0.6) is 0 Å². The average Bonchev–Trinajstić information content (AvgIpc) is 2.75. The Bertz CT molecular complexity index is 1220. The fourth-order valence-corrected chi connectivity index (χ4v) is 3.35. The van der Waals surface area contributed by atoms with E-state index in [0.29, 0.717) is 22.2 Å². The highest BCUT2D eigenvalue weighted by molar-refractivity contribution is 6.30. The van der Waals surface area contributed by atoms with E-state index in [9.17, 15) is 23.9 Å². The number of methoxy groups -OCH3 is 1. The minimum absolute atomic E-state index is 0.00113. The van der Waals surface area contributed by atoms with Crippen molar-refractivity contribution in [1.82, 2.24) is 9.72 Å². The van der Waals surface area contributed by atoms with Gasteiger partial charge in [-0.25, -0.2) is 9.18 Å². The maximum atomic E-state index is 14.3. The van der Waals surface area contributed by atoms with Gasteiger partial charge in [-0.05, 0) is 41.8 Å². The molecule has 162 valence electrons. The van der Waals surface area contributed by atoms with Gasteiger partial charge in [0.1, 0.15) is 17.5 Å². The first-order valence-corrected chi connectivity index (χ1v) is 9.74. The largest absolute Gasteiger partial charge is 0.477 e. The molecule has 1 atom stereocenters. The molecule has 1 aromatic carbocycles. The topological polar surface area (TPSA) is 97.1 Å². The van der Waals surface area contributed by atoms with Crippen LogP contribution in [0.2, 0.25) is 5.02 Å². The summed E-state index contributed by atoms with van der Waals surface area (Å²) < 4.78 is 20.4. The van der Waals surface area contributed by atoms with E-state index in [2.05, 4.69) is 5.32 Å². The minimum atomic E-state index is -1.39. The zero-order chi connectivity index (χ0) is 22.7. The van der Waals surface area contributed by atoms with Crippen molar-refractivity contribution < 1.29 is 23.8 Å². The standard InChI is InChI=1S/C22H20ClFN2O5/c1-12(31-2)20(27)25-10-15-9-16(22(29)30)21(28)26-11-13(6-7-18(15)26)8-14-4-3-5-17(23)19(14)24/h3-7,9,11-12H,8,10H2,1-2H3,(H,25,27)(H,29,30)/t12-/m0/s1. The zero-order valence-corrected chi connectivity index (χ0v) is 17.6. The van der Waals surface area contributed by atoms with Gasteiger partial charge in [0, 0.05) is 26.3 Å². The first kappa shape index (κ1) is 22.5. The number of aromatic carboxylic acids is 1. The molecule has 0 aliphatic heterocycles. The normalized spacial score (nSPS) is 12.0. The van der Waals surface area contributed by atoms with Crippen LogP contribution in [0.3, 0.4) is 0 Å². The van der Waals surface area contributed by atoms with E-state index in [1.165, 1.54) is 29.8 Å². The second-order valence-corrected chi connectivity index (χ2v) is 7.38. The van der Waals surface area contributed by atoms with Crippen molar-refractivity contribution in [3.63, 3.8) is 0 Å². The number of carbonyl (C=O) groups is 2. The van der Waals surface area contributed by atoms with Crippen LogP contribution in [-0.4, -0.2) is 34.6 Å². The number of nitrogens with one attached hydrogen (secondary N) is 1. The van der Waals surface area contributed by atoms with E-state index >= 15 is 0 Å². The van der Waals surface area contributed by atoms with E-state index in [0.717, 1.165) is 0 Å². The number of hydrogen-bond acceptors (Lipinski definition) is 4. The van der Waals surface area contributed by atoms with Crippen LogP contribution in [0.15, 0.2) is 47.4 Å². The predicted octanol–water partition coefficient (Wildman–Crippen LogP) is 3.03. The van der Waals surface area contributed by atoms with Crippen molar-refractivity contribution >= 4 is 29.0 Å². The van der Waals surface area contributed by atoms with Gasteiger partial charge in [-0.3, -0.25) is 14.0 Å². The van der Waals surface area contributed by atoms with Gasteiger partial charge in [-0.1, -0.05) is 29.8 Å². The Morgan fingerprint density at radius 1 is 1.26 bits per heavy atom. The van der Waals surface area contributed by atoms with E-state index in [1.807, 2.05) is 0 Å². The van der Waals surface area contributed by atoms with Crippen molar-refractivity contribution in [1.29, 1.82) is 0 Å². The molecule has 0 unspecified atom stereocenters. The monoisotopic (exact) mass is 446 g/mol. The molecule has 31 heavy (non-hydrogen) atoms. The number of ether oxygens (including phenoxy) is 1. The first-order valence-electron chi connectivity index (χ1n) is 9.36. The number of amides is 1. The summed E-state index contributed by atoms with van der Waals surface area (Å²) in [5.74, 6) is -2.31. The third kappa shape index (κ3) is 4.76. The van der Waals surface area contributed by atoms with E-state index in [-0.39, 0.29) is 23.9 Å². The Morgan fingerprint density at radius 3 is 2.68 bits per heavy atom. The number of nitrogens with zero attached hydrogens (tertiary/aromatic N) is 1. The summed E-state index contributed by atoms with van der Waals surface area (Å²) in [6, 6.07) is 9.23. The highest BCUT2D eigenvalue weighted by atomic mass is 35.5. The zero-order valence-electron chi connectivity index (χ0n) is 16.8.